The van der Waals surface area contributed by atoms with E-state index in [0.717, 1.165) is 18.7 Å². The van der Waals surface area contributed by atoms with E-state index < -0.39 is 0 Å². The van der Waals surface area contributed by atoms with Crippen LogP contribution in [0.15, 0.2) is 36.4 Å². The zero-order valence-corrected chi connectivity index (χ0v) is 14.4. The molecule has 120 valence electrons. The summed E-state index contributed by atoms with van der Waals surface area (Å²) in [6, 6.07) is 12.8. The maximum atomic E-state index is 5.52. The zero-order chi connectivity index (χ0) is 16.2. The zero-order valence-electron chi connectivity index (χ0n) is 13.6. The number of nitrogens with one attached hydrogen (secondary N) is 2. The van der Waals surface area contributed by atoms with Crippen LogP contribution >= 0.6 is 12.2 Å². The van der Waals surface area contributed by atoms with Crippen LogP contribution in [-0.2, 0) is 24.3 Å². The van der Waals surface area contributed by atoms with Crippen LogP contribution < -0.4 is 10.6 Å². The quantitative estimate of drug-likeness (QED) is 0.839. The van der Waals surface area contributed by atoms with E-state index in [0.29, 0.717) is 18.3 Å². The Labute approximate surface area is 143 Å². The summed E-state index contributed by atoms with van der Waals surface area (Å²) in [6.45, 7) is 6.47. The summed E-state index contributed by atoms with van der Waals surface area (Å²) < 4.78 is 5.52. The van der Waals surface area contributed by atoms with Gasteiger partial charge in [-0.1, -0.05) is 24.3 Å². The summed E-state index contributed by atoms with van der Waals surface area (Å²) in [5.74, 6) is 0. The van der Waals surface area contributed by atoms with Crippen LogP contribution in [0.25, 0.3) is 0 Å². The number of hydrogen-bond acceptors (Lipinski definition) is 2. The van der Waals surface area contributed by atoms with Crippen molar-refractivity contribution in [2.45, 2.75) is 33.4 Å². The number of fused-ring (bicyclic) bond motifs is 1. The minimum Gasteiger partial charge on any atom is -0.376 e. The topological polar surface area (TPSA) is 33.3 Å². The van der Waals surface area contributed by atoms with Gasteiger partial charge in [0, 0.05) is 12.2 Å². The molecule has 0 radical (unpaired) electrons. The molecular formula is C19H22N2OS. The third kappa shape index (κ3) is 4.09. The predicted octanol–water partition coefficient (Wildman–Crippen LogP) is 3.86. The van der Waals surface area contributed by atoms with E-state index in [4.69, 9.17) is 17.0 Å². The molecule has 3 nitrogen and oxygen atoms in total. The summed E-state index contributed by atoms with van der Waals surface area (Å²) in [6.07, 6.45) is 1.01. The summed E-state index contributed by atoms with van der Waals surface area (Å²) >= 11 is 5.39. The van der Waals surface area contributed by atoms with Crippen molar-refractivity contribution >= 4 is 23.0 Å². The summed E-state index contributed by atoms with van der Waals surface area (Å²) in [4.78, 5) is 0. The Bertz CT molecular complexity index is 727. The third-order valence-electron chi connectivity index (χ3n) is 4.26. The van der Waals surface area contributed by atoms with Crippen molar-refractivity contribution in [2.75, 3.05) is 11.9 Å². The molecular weight excluding hydrogens is 304 g/mol. The highest BCUT2D eigenvalue weighted by atomic mass is 32.1. The molecule has 0 atom stereocenters. The van der Waals surface area contributed by atoms with E-state index in [2.05, 4.69) is 54.8 Å². The minimum absolute atomic E-state index is 0.641. The lowest BCUT2D eigenvalue weighted by atomic mass is 10.0. The smallest absolute Gasteiger partial charge is 0.171 e. The van der Waals surface area contributed by atoms with Crippen LogP contribution in [-0.4, -0.2) is 11.7 Å². The van der Waals surface area contributed by atoms with E-state index in [9.17, 15) is 0 Å². The number of hydrogen-bond donors (Lipinski definition) is 2. The van der Waals surface area contributed by atoms with Gasteiger partial charge in [-0.3, -0.25) is 0 Å². The molecule has 0 saturated heterocycles. The van der Waals surface area contributed by atoms with Crippen LogP contribution in [0, 0.1) is 13.8 Å². The second-order valence-corrected chi connectivity index (χ2v) is 6.42. The standard InChI is InChI=1S/C19H22N2OS/c1-13-3-6-18(9-14(13)2)21-19(23)20-11-15-4-5-16-7-8-22-12-17(16)10-15/h3-6,9-10H,7-8,11-12H2,1-2H3,(H2,20,21,23). The van der Waals surface area contributed by atoms with Crippen LogP contribution in [0.4, 0.5) is 5.69 Å². The van der Waals surface area contributed by atoms with Gasteiger partial charge in [-0.05, 0) is 72.4 Å². The fourth-order valence-corrected chi connectivity index (χ4v) is 2.90. The van der Waals surface area contributed by atoms with Gasteiger partial charge in [0.15, 0.2) is 5.11 Å². The maximum absolute atomic E-state index is 5.52. The van der Waals surface area contributed by atoms with E-state index in [1.807, 2.05) is 6.07 Å². The molecule has 2 aromatic carbocycles. The molecule has 2 N–H and O–H groups in total. The number of rotatable bonds is 3. The van der Waals surface area contributed by atoms with E-state index >= 15 is 0 Å². The molecule has 3 rings (SSSR count). The first-order valence-electron chi connectivity index (χ1n) is 7.92. The molecule has 0 aromatic heterocycles. The van der Waals surface area contributed by atoms with E-state index in [1.54, 1.807) is 0 Å². The SMILES string of the molecule is Cc1ccc(NC(=S)NCc2ccc3c(c2)COCC3)cc1C. The molecule has 0 aliphatic carbocycles. The lowest BCUT2D eigenvalue weighted by molar-refractivity contribution is 0.110. The highest BCUT2D eigenvalue weighted by molar-refractivity contribution is 7.80. The van der Waals surface area contributed by atoms with Gasteiger partial charge >= 0.3 is 0 Å². The van der Waals surface area contributed by atoms with Crippen molar-refractivity contribution in [3.05, 3.63) is 64.2 Å². The summed E-state index contributed by atoms with van der Waals surface area (Å²) in [5, 5.41) is 7.15. The normalized spacial score (nSPS) is 13.3. The van der Waals surface area contributed by atoms with Gasteiger partial charge in [0.1, 0.15) is 0 Å². The molecule has 0 amide bonds. The van der Waals surface area contributed by atoms with Gasteiger partial charge in [0.2, 0.25) is 0 Å². The number of thiocarbonyl (C=S) groups is 1. The second-order valence-electron chi connectivity index (χ2n) is 6.01. The molecule has 0 fully saturated rings. The van der Waals surface area contributed by atoms with Crippen molar-refractivity contribution in [1.29, 1.82) is 0 Å². The fourth-order valence-electron chi connectivity index (χ4n) is 2.71. The predicted molar refractivity (Wildman–Crippen MR) is 98.8 cm³/mol. The highest BCUT2D eigenvalue weighted by Crippen LogP contribution is 2.18. The monoisotopic (exact) mass is 326 g/mol. The van der Waals surface area contributed by atoms with E-state index in [-0.39, 0.29) is 0 Å². The lowest BCUT2D eigenvalue weighted by Crippen LogP contribution is -2.28. The van der Waals surface area contributed by atoms with Crippen LogP contribution in [0.3, 0.4) is 0 Å². The minimum atomic E-state index is 0.641. The summed E-state index contributed by atoms with van der Waals surface area (Å²) in [5.41, 5.74) is 7.47. The molecule has 0 spiro atoms. The van der Waals surface area contributed by atoms with Crippen LogP contribution in [0.1, 0.15) is 27.8 Å². The number of benzene rings is 2. The van der Waals surface area contributed by atoms with Crippen molar-refractivity contribution in [2.24, 2.45) is 0 Å². The van der Waals surface area contributed by atoms with Gasteiger partial charge < -0.3 is 15.4 Å². The maximum Gasteiger partial charge on any atom is 0.171 e. The van der Waals surface area contributed by atoms with Gasteiger partial charge in [0.25, 0.3) is 0 Å². The number of anilines is 1. The Balaban J connectivity index is 1.57. The Morgan fingerprint density at radius 2 is 1.96 bits per heavy atom. The molecule has 4 heteroatoms. The number of ether oxygens (including phenoxy) is 1. The molecule has 1 aliphatic heterocycles. The van der Waals surface area contributed by atoms with Gasteiger partial charge in [0.05, 0.1) is 13.2 Å². The molecule has 1 heterocycles. The molecule has 1 aliphatic rings. The fraction of sp³-hybridized carbons (Fsp3) is 0.316. The van der Waals surface area contributed by atoms with Crippen molar-refractivity contribution in [3.63, 3.8) is 0 Å². The lowest BCUT2D eigenvalue weighted by Gasteiger charge is -2.18. The molecule has 0 unspecified atom stereocenters. The third-order valence-corrected chi connectivity index (χ3v) is 4.51. The Morgan fingerprint density at radius 3 is 2.78 bits per heavy atom. The first-order chi connectivity index (χ1) is 11.1. The van der Waals surface area contributed by atoms with Gasteiger partial charge in [-0.2, -0.15) is 0 Å². The molecule has 0 bridgehead atoms. The second kappa shape index (κ2) is 7.11. The molecule has 0 saturated carbocycles. The Morgan fingerprint density at radius 1 is 1.09 bits per heavy atom. The number of aryl methyl sites for hydroxylation is 2. The first-order valence-corrected chi connectivity index (χ1v) is 8.33. The Kier molecular flexibility index (Phi) is 4.94. The average Bonchev–Trinajstić information content (AvgIpc) is 2.56. The molecule has 2 aromatic rings. The van der Waals surface area contributed by atoms with Crippen molar-refractivity contribution < 1.29 is 4.74 Å². The van der Waals surface area contributed by atoms with E-state index in [1.165, 1.54) is 27.8 Å². The van der Waals surface area contributed by atoms with Crippen molar-refractivity contribution in [1.82, 2.24) is 5.32 Å². The largest absolute Gasteiger partial charge is 0.376 e. The van der Waals surface area contributed by atoms with Crippen molar-refractivity contribution in [3.8, 4) is 0 Å². The summed E-state index contributed by atoms with van der Waals surface area (Å²) in [7, 11) is 0. The van der Waals surface area contributed by atoms with Gasteiger partial charge in [-0.25, -0.2) is 0 Å². The molecule has 23 heavy (non-hydrogen) atoms. The Hall–Kier alpha value is -1.91. The van der Waals surface area contributed by atoms with Crippen LogP contribution in [0.2, 0.25) is 0 Å². The van der Waals surface area contributed by atoms with Crippen LogP contribution in [0.5, 0.6) is 0 Å². The average molecular weight is 326 g/mol. The van der Waals surface area contributed by atoms with Gasteiger partial charge in [-0.15, -0.1) is 0 Å². The first kappa shape index (κ1) is 16.0. The highest BCUT2D eigenvalue weighted by Gasteiger charge is 2.09.